The van der Waals surface area contributed by atoms with Crippen molar-refractivity contribution in [3.63, 3.8) is 0 Å². The zero-order valence-electron chi connectivity index (χ0n) is 34.4. The van der Waals surface area contributed by atoms with E-state index in [1.165, 1.54) is 77.1 Å². The van der Waals surface area contributed by atoms with Crippen LogP contribution < -0.4 is 5.73 Å². The molecule has 0 saturated carbocycles. The second-order valence-corrected chi connectivity index (χ2v) is 16.6. The lowest BCUT2D eigenvalue weighted by atomic mass is 9.74. The Morgan fingerprint density at radius 2 is 1.03 bits per heavy atom. The van der Waals surface area contributed by atoms with Gasteiger partial charge in [-0.05, 0) is 166 Å². The normalized spacial score (nSPS) is 13.3. The zero-order chi connectivity index (χ0) is 41.6. The first-order valence-corrected chi connectivity index (χ1v) is 21.4. The van der Waals surface area contributed by atoms with Crippen LogP contribution in [0.2, 0.25) is 0 Å². The van der Waals surface area contributed by atoms with Crippen molar-refractivity contribution in [3.05, 3.63) is 198 Å². The summed E-state index contributed by atoms with van der Waals surface area (Å²) < 4.78 is 4.82. The number of aromatic nitrogens is 4. The fourth-order valence-corrected chi connectivity index (χ4v) is 10.4. The van der Waals surface area contributed by atoms with Gasteiger partial charge in [0.05, 0.1) is 27.8 Å². The van der Waals surface area contributed by atoms with Gasteiger partial charge >= 0.3 is 0 Å². The molecule has 0 spiro atoms. The van der Waals surface area contributed by atoms with E-state index in [0.29, 0.717) is 5.71 Å². The minimum Gasteiger partial charge on any atom is -0.399 e. The Labute approximate surface area is 359 Å². The van der Waals surface area contributed by atoms with Gasteiger partial charge in [0.2, 0.25) is 0 Å². The Hall–Kier alpha value is -7.83. The monoisotopic (exact) mass is 798 g/mol. The first-order chi connectivity index (χ1) is 30.5. The van der Waals surface area contributed by atoms with E-state index in [1.807, 2.05) is 49.7 Å². The predicted molar refractivity (Wildman–Crippen MR) is 257 cm³/mol. The summed E-state index contributed by atoms with van der Waals surface area (Å²) in [7, 11) is 0. The van der Waals surface area contributed by atoms with Gasteiger partial charge in [0.1, 0.15) is 11.6 Å². The number of allylic oxidation sites excluding steroid dienone is 2. The highest BCUT2D eigenvalue weighted by Gasteiger charge is 2.33. The maximum atomic E-state index is 8.24. The molecule has 0 radical (unpaired) electrons. The van der Waals surface area contributed by atoms with Crippen molar-refractivity contribution in [1.29, 1.82) is 5.41 Å². The molecule has 6 aromatic carbocycles. The lowest BCUT2D eigenvalue weighted by Crippen LogP contribution is -2.16. The van der Waals surface area contributed by atoms with E-state index in [0.717, 1.165) is 76.3 Å². The van der Waals surface area contributed by atoms with Gasteiger partial charge in [0, 0.05) is 39.6 Å². The number of benzene rings is 6. The first-order valence-electron chi connectivity index (χ1n) is 21.4. The molecule has 2 aliphatic carbocycles. The molecule has 62 heavy (non-hydrogen) atoms. The van der Waals surface area contributed by atoms with Gasteiger partial charge in [-0.2, -0.15) is 0 Å². The molecule has 3 N–H and O–H groups in total. The average Bonchev–Trinajstić information content (AvgIpc) is 3.85. The lowest BCUT2D eigenvalue weighted by molar-refractivity contribution is 0.881. The quantitative estimate of drug-likeness (QED) is 0.157. The van der Waals surface area contributed by atoms with E-state index < -0.39 is 0 Å². The molecule has 0 fully saturated rings. The van der Waals surface area contributed by atoms with Crippen LogP contribution >= 0.6 is 0 Å². The number of hydrogen-bond donors (Lipinski definition) is 2. The standard InChI is InChI=1S/C56H42N6/c1-3-47(57)35-15-11-33(12-16-35)37-21-25-49-43(29-37)45-31-39-19-24-42-54-40(20-23-41(53(39)54)55(45)61(49)51-9-5-7-27-59-51)32-46-44-30-38(34-13-17-36(18-14-34)48(58)4-2)22-26-50(44)62(56(42)46)52-10-6-8-28-60-52/h3-18,21-22,25-32,57H,1,19-20,23-24,58H2,2H3/b48-4-,57-47?. The van der Waals surface area contributed by atoms with Crippen LogP contribution in [0.3, 0.4) is 0 Å². The van der Waals surface area contributed by atoms with Crippen LogP contribution in [0.25, 0.3) is 94.3 Å². The van der Waals surface area contributed by atoms with Gasteiger partial charge in [-0.3, -0.25) is 9.13 Å². The summed E-state index contributed by atoms with van der Waals surface area (Å²) in [4.78, 5) is 9.92. The molecule has 0 unspecified atom stereocenters. The van der Waals surface area contributed by atoms with E-state index in [9.17, 15) is 0 Å². The molecule has 0 saturated heterocycles. The van der Waals surface area contributed by atoms with Crippen LogP contribution in [-0.2, 0) is 25.7 Å². The zero-order valence-corrected chi connectivity index (χ0v) is 34.4. The Bertz CT molecular complexity index is 3310. The number of nitrogens with zero attached hydrogens (tertiary/aromatic N) is 4. The summed E-state index contributed by atoms with van der Waals surface area (Å²) >= 11 is 0. The van der Waals surface area contributed by atoms with Crippen molar-refractivity contribution in [3.8, 4) is 45.0 Å². The molecule has 296 valence electrons. The summed E-state index contributed by atoms with van der Waals surface area (Å²) in [6.45, 7) is 5.76. The van der Waals surface area contributed by atoms with Gasteiger partial charge in [0.15, 0.2) is 0 Å². The highest BCUT2D eigenvalue weighted by atomic mass is 15.1. The Morgan fingerprint density at radius 3 is 1.47 bits per heavy atom. The van der Waals surface area contributed by atoms with Gasteiger partial charge in [-0.15, -0.1) is 0 Å². The minimum atomic E-state index is 0.426. The van der Waals surface area contributed by atoms with E-state index in [4.69, 9.17) is 21.1 Å². The summed E-state index contributed by atoms with van der Waals surface area (Å²) in [5.41, 5.74) is 27.3. The summed E-state index contributed by atoms with van der Waals surface area (Å²) in [6, 6.07) is 48.0. The number of nitrogens with two attached hydrogens (primary N) is 1. The number of rotatable bonds is 7. The number of nitrogens with one attached hydrogen (secondary N) is 1. The first kappa shape index (κ1) is 36.1. The largest absolute Gasteiger partial charge is 0.399 e. The molecule has 4 aromatic heterocycles. The SMILES string of the molecule is C=CC(=N)c1ccc(-c2ccc3c(c2)c2cc4c5c(c2n3-c2ccccn2)CCc2cc3c6cc(-c7ccc(/C(N)=C/C)cc7)ccc6n(-c6ccccn6)c3c(c2-5)CC4)cc1. The molecule has 0 amide bonds. The maximum absolute atomic E-state index is 8.24. The van der Waals surface area contributed by atoms with Gasteiger partial charge in [0.25, 0.3) is 0 Å². The third-order valence-electron chi connectivity index (χ3n) is 13.4. The molecule has 6 heteroatoms. The Kier molecular flexibility index (Phi) is 8.06. The third-order valence-corrected chi connectivity index (χ3v) is 13.4. The molecule has 0 atom stereocenters. The molecule has 0 aliphatic heterocycles. The molecule has 0 bridgehead atoms. The lowest BCUT2D eigenvalue weighted by Gasteiger charge is -2.31. The average molecular weight is 799 g/mol. The van der Waals surface area contributed by atoms with Crippen LogP contribution in [0, 0.1) is 5.41 Å². The topological polar surface area (TPSA) is 85.5 Å². The number of fused-ring (bicyclic) bond motifs is 8. The van der Waals surface area contributed by atoms with Gasteiger partial charge in [-0.1, -0.05) is 85.5 Å². The van der Waals surface area contributed by atoms with Crippen molar-refractivity contribution < 1.29 is 0 Å². The molecule has 2 aliphatic rings. The van der Waals surface area contributed by atoms with Crippen LogP contribution in [0.4, 0.5) is 0 Å². The highest BCUT2D eigenvalue weighted by Crippen LogP contribution is 2.51. The van der Waals surface area contributed by atoms with Crippen LogP contribution in [0.1, 0.15) is 40.3 Å². The number of hydrogen-bond acceptors (Lipinski definition) is 4. The number of pyridine rings is 2. The predicted octanol–water partition coefficient (Wildman–Crippen LogP) is 12.7. The smallest absolute Gasteiger partial charge is 0.137 e. The Morgan fingerprint density at radius 1 is 0.565 bits per heavy atom. The van der Waals surface area contributed by atoms with E-state index in [-0.39, 0.29) is 0 Å². The van der Waals surface area contributed by atoms with Crippen molar-refractivity contribution in [2.45, 2.75) is 32.6 Å². The van der Waals surface area contributed by atoms with Crippen molar-refractivity contribution in [2.75, 3.05) is 0 Å². The fraction of sp³-hybridized carbons (Fsp3) is 0.0893. The van der Waals surface area contributed by atoms with E-state index in [1.54, 1.807) is 6.08 Å². The summed E-state index contributed by atoms with van der Waals surface area (Å²) in [6.07, 6.45) is 11.1. The number of aryl methyl sites for hydroxylation is 4. The minimum absolute atomic E-state index is 0.426. The second kappa shape index (κ2) is 13.9. The van der Waals surface area contributed by atoms with Crippen molar-refractivity contribution in [1.82, 2.24) is 19.1 Å². The van der Waals surface area contributed by atoms with Crippen molar-refractivity contribution in [2.24, 2.45) is 5.73 Å². The van der Waals surface area contributed by atoms with Gasteiger partial charge in [-0.25, -0.2) is 9.97 Å². The molecule has 12 rings (SSSR count). The molecule has 4 heterocycles. The van der Waals surface area contributed by atoms with Crippen molar-refractivity contribution >= 4 is 55.0 Å². The third kappa shape index (κ3) is 5.32. The maximum Gasteiger partial charge on any atom is 0.137 e. The Balaban J connectivity index is 1.10. The van der Waals surface area contributed by atoms with Crippen LogP contribution in [0.5, 0.6) is 0 Å². The van der Waals surface area contributed by atoms with E-state index in [2.05, 4.69) is 125 Å². The van der Waals surface area contributed by atoms with E-state index >= 15 is 0 Å². The van der Waals surface area contributed by atoms with Gasteiger partial charge < -0.3 is 11.1 Å². The molecule has 6 nitrogen and oxygen atoms in total. The summed E-state index contributed by atoms with van der Waals surface area (Å²) in [5, 5.41) is 13.3. The highest BCUT2D eigenvalue weighted by molar-refractivity contribution is 6.17. The fourth-order valence-electron chi connectivity index (χ4n) is 10.4. The second-order valence-electron chi connectivity index (χ2n) is 16.6. The van der Waals surface area contributed by atoms with Crippen LogP contribution in [0.15, 0.2) is 165 Å². The molecular weight excluding hydrogens is 757 g/mol. The molecule has 10 aromatic rings. The summed E-state index contributed by atoms with van der Waals surface area (Å²) in [5.74, 6) is 1.85. The molecular formula is C56H42N6. The van der Waals surface area contributed by atoms with Crippen LogP contribution in [-0.4, -0.2) is 24.8 Å².